The number of halogens is 1. The van der Waals surface area contributed by atoms with Crippen LogP contribution in [0.2, 0.25) is 5.02 Å². The molecule has 4 rings (SSSR count). The number of carbonyl (C=O) groups excluding carboxylic acids is 2. The van der Waals surface area contributed by atoms with Gasteiger partial charge >= 0.3 is 0 Å². The van der Waals surface area contributed by atoms with Gasteiger partial charge in [-0.05, 0) is 36.4 Å². The van der Waals surface area contributed by atoms with E-state index in [0.717, 1.165) is 16.5 Å². The quantitative estimate of drug-likeness (QED) is 0.321. The van der Waals surface area contributed by atoms with Crippen LogP contribution in [0.5, 0.6) is 0 Å². The number of benzene rings is 3. The van der Waals surface area contributed by atoms with Gasteiger partial charge in [0.15, 0.2) is 0 Å². The fraction of sp³-hybridized carbons (Fsp3) is 0. The molecule has 4 aromatic rings. The highest BCUT2D eigenvalue weighted by molar-refractivity contribution is 6.34. The predicted molar refractivity (Wildman–Crippen MR) is 119 cm³/mol. The van der Waals surface area contributed by atoms with Crippen molar-refractivity contribution < 1.29 is 9.59 Å². The molecule has 0 unspecified atom stereocenters. The van der Waals surface area contributed by atoms with E-state index >= 15 is 0 Å². The molecule has 0 atom stereocenters. The Morgan fingerprint density at radius 2 is 1.73 bits per heavy atom. The number of amides is 2. The lowest BCUT2D eigenvalue weighted by Crippen LogP contribution is -2.18. The zero-order chi connectivity index (χ0) is 20.9. The second-order valence-corrected chi connectivity index (χ2v) is 6.91. The average molecular weight is 417 g/mol. The molecular weight excluding hydrogens is 400 g/mol. The van der Waals surface area contributed by atoms with Crippen LogP contribution in [-0.2, 0) is 0 Å². The first kappa shape index (κ1) is 19.4. The predicted octanol–water partition coefficient (Wildman–Crippen LogP) is 4.84. The van der Waals surface area contributed by atoms with Gasteiger partial charge in [0.25, 0.3) is 11.8 Å². The zero-order valence-corrected chi connectivity index (χ0v) is 16.5. The van der Waals surface area contributed by atoms with Gasteiger partial charge in [0, 0.05) is 33.9 Å². The van der Waals surface area contributed by atoms with Crippen LogP contribution in [0.15, 0.2) is 84.1 Å². The normalized spacial score (nSPS) is 11.0. The number of nitrogens with zero attached hydrogens (tertiary/aromatic N) is 1. The highest BCUT2D eigenvalue weighted by Gasteiger charge is 2.11. The summed E-state index contributed by atoms with van der Waals surface area (Å²) in [5.74, 6) is -0.740. The molecule has 0 aliphatic carbocycles. The first-order chi connectivity index (χ1) is 14.6. The van der Waals surface area contributed by atoms with Crippen LogP contribution in [0.25, 0.3) is 10.9 Å². The molecule has 0 bridgehead atoms. The van der Waals surface area contributed by atoms with Crippen molar-refractivity contribution in [1.82, 2.24) is 10.4 Å². The highest BCUT2D eigenvalue weighted by atomic mass is 35.5. The number of rotatable bonds is 5. The van der Waals surface area contributed by atoms with Gasteiger partial charge in [0.05, 0.1) is 16.8 Å². The minimum Gasteiger partial charge on any atom is -0.361 e. The Hall–Kier alpha value is -3.90. The Bertz CT molecular complexity index is 1260. The largest absolute Gasteiger partial charge is 0.361 e. The number of hydrogen-bond acceptors (Lipinski definition) is 3. The summed E-state index contributed by atoms with van der Waals surface area (Å²) >= 11 is 6.06. The molecule has 0 aliphatic rings. The minimum absolute atomic E-state index is 0.351. The molecule has 3 aromatic carbocycles. The maximum Gasteiger partial charge on any atom is 0.271 e. The van der Waals surface area contributed by atoms with Crippen molar-refractivity contribution in [3.05, 3.63) is 101 Å². The van der Waals surface area contributed by atoms with Crippen LogP contribution in [-0.4, -0.2) is 23.0 Å². The van der Waals surface area contributed by atoms with Gasteiger partial charge in [-0.2, -0.15) is 5.10 Å². The van der Waals surface area contributed by atoms with E-state index in [1.54, 1.807) is 54.7 Å². The van der Waals surface area contributed by atoms with E-state index < -0.39 is 0 Å². The number of hydrogen-bond donors (Lipinski definition) is 3. The first-order valence-electron chi connectivity index (χ1n) is 9.17. The van der Waals surface area contributed by atoms with Crippen molar-refractivity contribution in [3.63, 3.8) is 0 Å². The van der Waals surface area contributed by atoms with Crippen LogP contribution < -0.4 is 10.7 Å². The summed E-state index contributed by atoms with van der Waals surface area (Å²) in [6.45, 7) is 0. The smallest absolute Gasteiger partial charge is 0.271 e. The fourth-order valence-electron chi connectivity index (χ4n) is 3.01. The maximum absolute atomic E-state index is 12.4. The van der Waals surface area contributed by atoms with Crippen molar-refractivity contribution in [2.45, 2.75) is 0 Å². The number of carbonyl (C=O) groups is 2. The molecule has 148 valence electrons. The SMILES string of the molecule is O=C(NN=Cc1c[nH]c2ccccc12)c1cccc(NC(=O)c2ccccc2Cl)c1. The first-order valence-corrected chi connectivity index (χ1v) is 9.55. The third-order valence-corrected chi connectivity index (χ3v) is 4.82. The van der Waals surface area contributed by atoms with E-state index in [9.17, 15) is 9.59 Å². The van der Waals surface area contributed by atoms with Gasteiger partial charge in [0.1, 0.15) is 0 Å². The number of anilines is 1. The lowest BCUT2D eigenvalue weighted by Gasteiger charge is -2.08. The van der Waals surface area contributed by atoms with Crippen LogP contribution in [0.1, 0.15) is 26.3 Å². The summed E-state index contributed by atoms with van der Waals surface area (Å²) in [4.78, 5) is 28.0. The Balaban J connectivity index is 1.43. The number of aromatic nitrogens is 1. The molecular formula is C23H17ClN4O2. The standard InChI is InChI=1S/C23H17ClN4O2/c24-20-10-3-1-9-19(20)23(30)27-17-7-5-6-15(12-17)22(29)28-26-14-16-13-25-21-11-4-2-8-18(16)21/h1-14,25H,(H,27,30)(H,28,29). The van der Waals surface area contributed by atoms with Crippen molar-refractivity contribution in [3.8, 4) is 0 Å². The van der Waals surface area contributed by atoms with Crippen molar-refractivity contribution in [2.75, 3.05) is 5.32 Å². The van der Waals surface area contributed by atoms with Gasteiger partial charge in [0.2, 0.25) is 0 Å². The van der Waals surface area contributed by atoms with Crippen LogP contribution in [0, 0.1) is 0 Å². The Labute approximate surface area is 177 Å². The summed E-state index contributed by atoms with van der Waals surface area (Å²) in [6.07, 6.45) is 3.41. The highest BCUT2D eigenvalue weighted by Crippen LogP contribution is 2.18. The third kappa shape index (κ3) is 4.24. The summed E-state index contributed by atoms with van der Waals surface area (Å²) < 4.78 is 0. The van der Waals surface area contributed by atoms with Gasteiger partial charge in [-0.15, -0.1) is 0 Å². The maximum atomic E-state index is 12.4. The van der Waals surface area contributed by atoms with Gasteiger partial charge in [-0.1, -0.05) is 48.0 Å². The zero-order valence-electron chi connectivity index (χ0n) is 15.7. The average Bonchev–Trinajstić information content (AvgIpc) is 3.17. The Morgan fingerprint density at radius 1 is 0.933 bits per heavy atom. The van der Waals surface area contributed by atoms with E-state index in [-0.39, 0.29) is 11.8 Å². The lowest BCUT2D eigenvalue weighted by atomic mass is 10.1. The number of fused-ring (bicyclic) bond motifs is 1. The number of hydrazone groups is 1. The lowest BCUT2D eigenvalue weighted by molar-refractivity contribution is 0.0953. The van der Waals surface area contributed by atoms with Crippen molar-refractivity contribution in [1.29, 1.82) is 0 Å². The fourth-order valence-corrected chi connectivity index (χ4v) is 3.23. The summed E-state index contributed by atoms with van der Waals surface area (Å²) in [5.41, 5.74) is 5.57. The second-order valence-electron chi connectivity index (χ2n) is 6.50. The molecule has 30 heavy (non-hydrogen) atoms. The van der Waals surface area contributed by atoms with E-state index in [1.807, 2.05) is 30.5 Å². The minimum atomic E-state index is -0.389. The molecule has 2 amide bonds. The monoisotopic (exact) mass is 416 g/mol. The van der Waals surface area contributed by atoms with Crippen LogP contribution >= 0.6 is 11.6 Å². The van der Waals surface area contributed by atoms with E-state index in [0.29, 0.717) is 21.8 Å². The van der Waals surface area contributed by atoms with Gasteiger partial charge < -0.3 is 10.3 Å². The molecule has 3 N–H and O–H groups in total. The van der Waals surface area contributed by atoms with Gasteiger partial charge in [-0.25, -0.2) is 5.43 Å². The summed E-state index contributed by atoms with van der Waals surface area (Å²) in [6, 6.07) is 21.2. The van der Waals surface area contributed by atoms with E-state index in [2.05, 4.69) is 20.8 Å². The third-order valence-electron chi connectivity index (χ3n) is 4.49. The van der Waals surface area contributed by atoms with Crippen molar-refractivity contribution in [2.24, 2.45) is 5.10 Å². The molecule has 0 fully saturated rings. The second kappa shape index (κ2) is 8.63. The molecule has 1 aromatic heterocycles. The number of para-hydroxylation sites is 1. The molecule has 0 spiro atoms. The Kier molecular flexibility index (Phi) is 5.59. The molecule has 6 nitrogen and oxygen atoms in total. The van der Waals surface area contributed by atoms with Gasteiger partial charge in [-0.3, -0.25) is 9.59 Å². The number of nitrogens with one attached hydrogen (secondary N) is 3. The molecule has 7 heteroatoms. The van der Waals surface area contributed by atoms with E-state index in [1.165, 1.54) is 0 Å². The summed E-state index contributed by atoms with van der Waals surface area (Å²) in [7, 11) is 0. The molecule has 0 saturated carbocycles. The van der Waals surface area contributed by atoms with Crippen LogP contribution in [0.4, 0.5) is 5.69 Å². The number of aromatic amines is 1. The van der Waals surface area contributed by atoms with Crippen LogP contribution in [0.3, 0.4) is 0 Å². The number of H-pyrrole nitrogens is 1. The van der Waals surface area contributed by atoms with Crippen molar-refractivity contribution >= 4 is 46.2 Å². The summed E-state index contributed by atoms with van der Waals surface area (Å²) in [5, 5.41) is 8.16. The molecule has 0 saturated heterocycles. The Morgan fingerprint density at radius 3 is 2.60 bits per heavy atom. The molecule has 0 radical (unpaired) electrons. The molecule has 0 aliphatic heterocycles. The topological polar surface area (TPSA) is 86.3 Å². The molecule has 1 heterocycles. The van der Waals surface area contributed by atoms with E-state index in [4.69, 9.17) is 11.6 Å².